The van der Waals surface area contributed by atoms with Gasteiger partial charge in [0.2, 0.25) is 5.91 Å². The van der Waals surface area contributed by atoms with E-state index in [2.05, 4.69) is 31.3 Å². The second kappa shape index (κ2) is 8.93. The number of halogens is 1. The molecule has 0 saturated carbocycles. The predicted molar refractivity (Wildman–Crippen MR) is 124 cm³/mol. The quantitative estimate of drug-likeness (QED) is 0.410. The average Bonchev–Trinajstić information content (AvgIpc) is 3.31. The number of nitrogens with zero attached hydrogens (tertiary/aromatic N) is 3. The highest BCUT2D eigenvalue weighted by molar-refractivity contribution is 9.10. The van der Waals surface area contributed by atoms with Crippen LogP contribution in [0.3, 0.4) is 0 Å². The zero-order chi connectivity index (χ0) is 21.1. The van der Waals surface area contributed by atoms with Crippen LogP contribution in [0.15, 0.2) is 64.5 Å². The molecule has 0 atom stereocenters. The Morgan fingerprint density at radius 2 is 1.93 bits per heavy atom. The largest absolute Gasteiger partial charge is 0.352 e. The number of aromatic nitrogens is 3. The minimum atomic E-state index is -0.0487. The first-order valence-electron chi connectivity index (χ1n) is 9.59. The minimum Gasteiger partial charge on any atom is -0.352 e. The Kier molecular flexibility index (Phi) is 6.11. The highest BCUT2D eigenvalue weighted by Crippen LogP contribution is 2.26. The molecule has 0 radical (unpaired) electrons. The third-order valence-electron chi connectivity index (χ3n) is 4.87. The maximum atomic E-state index is 12.5. The number of aryl methyl sites for hydroxylation is 1. The molecule has 5 nitrogen and oxygen atoms in total. The second-order valence-electron chi connectivity index (χ2n) is 7.00. The van der Waals surface area contributed by atoms with E-state index < -0.39 is 0 Å². The molecule has 4 aromatic rings. The van der Waals surface area contributed by atoms with Crippen molar-refractivity contribution in [3.05, 3.63) is 87.1 Å². The maximum absolute atomic E-state index is 12.5. The first-order chi connectivity index (χ1) is 14.5. The summed E-state index contributed by atoms with van der Waals surface area (Å²) in [6.45, 7) is 4.45. The number of hydrogen-bond donors (Lipinski definition) is 1. The molecule has 0 aliphatic heterocycles. The van der Waals surface area contributed by atoms with Gasteiger partial charge in [0, 0.05) is 33.2 Å². The molecule has 2 heterocycles. The van der Waals surface area contributed by atoms with E-state index in [1.54, 1.807) is 11.3 Å². The summed E-state index contributed by atoms with van der Waals surface area (Å²) < 4.78 is 2.93. The van der Waals surface area contributed by atoms with Crippen molar-refractivity contribution in [1.29, 1.82) is 0 Å². The van der Waals surface area contributed by atoms with Gasteiger partial charge in [-0.05, 0) is 38.1 Å². The van der Waals surface area contributed by atoms with E-state index in [0.29, 0.717) is 6.54 Å². The number of nitrogens with one attached hydrogen (secondary N) is 1. The average molecular weight is 481 g/mol. The Morgan fingerprint density at radius 3 is 2.70 bits per heavy atom. The zero-order valence-corrected chi connectivity index (χ0v) is 19.1. The van der Waals surface area contributed by atoms with E-state index in [1.165, 1.54) is 0 Å². The molecule has 0 aliphatic rings. The lowest BCUT2D eigenvalue weighted by atomic mass is 10.2. The lowest BCUT2D eigenvalue weighted by Crippen LogP contribution is -2.25. The summed E-state index contributed by atoms with van der Waals surface area (Å²) in [4.78, 5) is 17.1. The van der Waals surface area contributed by atoms with E-state index in [-0.39, 0.29) is 12.3 Å². The van der Waals surface area contributed by atoms with E-state index in [1.807, 2.05) is 78.5 Å². The number of benzene rings is 2. The van der Waals surface area contributed by atoms with Crippen LogP contribution >= 0.6 is 27.3 Å². The first kappa shape index (κ1) is 20.5. The number of rotatable bonds is 6. The number of carbonyl (C=O) groups excluding carboxylic acids is 1. The topological polar surface area (TPSA) is 59.8 Å². The number of amides is 1. The summed E-state index contributed by atoms with van der Waals surface area (Å²) in [6.07, 6.45) is 0.259. The van der Waals surface area contributed by atoms with Gasteiger partial charge in [-0.2, -0.15) is 5.10 Å². The number of hydrogen-bond acceptors (Lipinski definition) is 4. The highest BCUT2D eigenvalue weighted by Gasteiger charge is 2.15. The molecule has 152 valence electrons. The summed E-state index contributed by atoms with van der Waals surface area (Å²) in [5.74, 6) is -0.0487. The van der Waals surface area contributed by atoms with Gasteiger partial charge in [-0.15, -0.1) is 11.3 Å². The fourth-order valence-corrected chi connectivity index (χ4v) is 4.52. The van der Waals surface area contributed by atoms with Crippen LogP contribution in [0.2, 0.25) is 0 Å². The van der Waals surface area contributed by atoms with Crippen LogP contribution in [0.1, 0.15) is 22.6 Å². The molecule has 30 heavy (non-hydrogen) atoms. The smallest absolute Gasteiger partial charge is 0.226 e. The molecule has 7 heteroatoms. The molecular formula is C23H21BrN4OS. The molecule has 0 spiro atoms. The number of thiazole rings is 1. The molecule has 0 aliphatic carbocycles. The summed E-state index contributed by atoms with van der Waals surface area (Å²) in [5.41, 5.74) is 5.83. The van der Waals surface area contributed by atoms with Crippen molar-refractivity contribution >= 4 is 33.2 Å². The standard InChI is InChI=1S/C23H21BrN4OS/c1-15-21(16(2)28(27-15)20-9-4-3-5-10-20)13-25-22(29)12-19-14-30-23(26-19)17-7-6-8-18(24)11-17/h3-11,14H,12-13H2,1-2H3,(H,25,29). The van der Waals surface area contributed by atoms with Crippen molar-refractivity contribution < 1.29 is 4.79 Å². The minimum absolute atomic E-state index is 0.0487. The highest BCUT2D eigenvalue weighted by atomic mass is 79.9. The lowest BCUT2D eigenvalue weighted by molar-refractivity contribution is -0.120. The van der Waals surface area contributed by atoms with Gasteiger partial charge in [0.15, 0.2) is 0 Å². The normalized spacial score (nSPS) is 10.9. The van der Waals surface area contributed by atoms with E-state index in [0.717, 1.165) is 43.4 Å². The van der Waals surface area contributed by atoms with Crippen LogP contribution < -0.4 is 5.32 Å². The van der Waals surface area contributed by atoms with Crippen LogP contribution in [0.25, 0.3) is 16.3 Å². The van der Waals surface area contributed by atoms with E-state index in [4.69, 9.17) is 0 Å². The lowest BCUT2D eigenvalue weighted by Gasteiger charge is -2.07. The van der Waals surface area contributed by atoms with Crippen molar-refractivity contribution in [1.82, 2.24) is 20.1 Å². The van der Waals surface area contributed by atoms with Crippen molar-refractivity contribution in [3.8, 4) is 16.3 Å². The van der Waals surface area contributed by atoms with Gasteiger partial charge in [-0.3, -0.25) is 4.79 Å². The maximum Gasteiger partial charge on any atom is 0.226 e. The fraction of sp³-hybridized carbons (Fsp3) is 0.174. The van der Waals surface area contributed by atoms with Gasteiger partial charge in [0.1, 0.15) is 5.01 Å². The molecular weight excluding hydrogens is 460 g/mol. The molecule has 2 aromatic carbocycles. The van der Waals surface area contributed by atoms with Gasteiger partial charge in [-0.1, -0.05) is 46.3 Å². The molecule has 0 bridgehead atoms. The number of para-hydroxylation sites is 1. The van der Waals surface area contributed by atoms with Crippen LogP contribution in [0, 0.1) is 13.8 Å². The summed E-state index contributed by atoms with van der Waals surface area (Å²) in [5, 5.41) is 10.5. The molecule has 2 aromatic heterocycles. The molecule has 0 unspecified atom stereocenters. The van der Waals surface area contributed by atoms with Gasteiger partial charge >= 0.3 is 0 Å². The van der Waals surface area contributed by atoms with Crippen molar-refractivity contribution in [2.24, 2.45) is 0 Å². The van der Waals surface area contributed by atoms with Crippen LogP contribution in [-0.2, 0) is 17.8 Å². The first-order valence-corrected chi connectivity index (χ1v) is 11.3. The SMILES string of the molecule is Cc1nn(-c2ccccc2)c(C)c1CNC(=O)Cc1csc(-c2cccc(Br)c2)n1. The summed E-state index contributed by atoms with van der Waals surface area (Å²) in [7, 11) is 0. The monoisotopic (exact) mass is 480 g/mol. The van der Waals surface area contributed by atoms with Gasteiger partial charge in [0.25, 0.3) is 0 Å². The van der Waals surface area contributed by atoms with Crippen molar-refractivity contribution in [3.63, 3.8) is 0 Å². The Bertz CT molecular complexity index is 1180. The third kappa shape index (κ3) is 4.52. The van der Waals surface area contributed by atoms with Gasteiger partial charge < -0.3 is 5.32 Å². The third-order valence-corrected chi connectivity index (χ3v) is 6.30. The molecule has 0 fully saturated rings. The molecule has 1 amide bonds. The molecule has 1 N–H and O–H groups in total. The summed E-state index contributed by atoms with van der Waals surface area (Å²) >= 11 is 5.03. The van der Waals surface area contributed by atoms with Crippen molar-refractivity contribution in [2.75, 3.05) is 0 Å². The zero-order valence-electron chi connectivity index (χ0n) is 16.7. The Labute approximate surface area is 187 Å². The van der Waals surface area contributed by atoms with Gasteiger partial charge in [0.05, 0.1) is 23.5 Å². The van der Waals surface area contributed by atoms with Crippen molar-refractivity contribution in [2.45, 2.75) is 26.8 Å². The van der Waals surface area contributed by atoms with Crippen LogP contribution in [0.5, 0.6) is 0 Å². The van der Waals surface area contributed by atoms with E-state index >= 15 is 0 Å². The number of carbonyl (C=O) groups is 1. The second-order valence-corrected chi connectivity index (χ2v) is 8.78. The molecule has 4 rings (SSSR count). The van der Waals surface area contributed by atoms with E-state index in [9.17, 15) is 4.79 Å². The Hall–Kier alpha value is -2.77. The Balaban J connectivity index is 1.41. The fourth-order valence-electron chi connectivity index (χ4n) is 3.31. The van der Waals surface area contributed by atoms with Crippen LogP contribution in [0.4, 0.5) is 0 Å². The van der Waals surface area contributed by atoms with Crippen LogP contribution in [-0.4, -0.2) is 20.7 Å². The van der Waals surface area contributed by atoms with Gasteiger partial charge in [-0.25, -0.2) is 9.67 Å². The molecule has 0 saturated heterocycles. The predicted octanol–water partition coefficient (Wildman–Crippen LogP) is 5.23. The summed E-state index contributed by atoms with van der Waals surface area (Å²) in [6, 6.07) is 18.0. The Morgan fingerprint density at radius 1 is 1.13 bits per heavy atom.